The van der Waals surface area contributed by atoms with Crippen molar-refractivity contribution in [1.82, 2.24) is 4.90 Å². The van der Waals surface area contributed by atoms with E-state index in [1.54, 1.807) is 36.1 Å². The fourth-order valence-corrected chi connectivity index (χ4v) is 2.82. The number of nitrogens with one attached hydrogen (secondary N) is 1. The van der Waals surface area contributed by atoms with Crippen molar-refractivity contribution in [3.05, 3.63) is 53.0 Å². The van der Waals surface area contributed by atoms with Crippen LogP contribution in [0.25, 0.3) is 0 Å². The second-order valence-corrected chi connectivity index (χ2v) is 6.04. The molecule has 2 aromatic rings. The first-order chi connectivity index (χ1) is 13.0. The first kappa shape index (κ1) is 18.7. The molecule has 0 spiro atoms. The molecule has 3 rings (SSSR count). The molecule has 8 heteroatoms. The molecule has 1 saturated heterocycles. The smallest absolute Gasteiger partial charge is 0.339 e. The number of aryl methyl sites for hydroxylation is 1. The lowest BCUT2D eigenvalue weighted by molar-refractivity contribution is 0.0303. The Morgan fingerprint density at radius 2 is 1.81 bits per heavy atom. The summed E-state index contributed by atoms with van der Waals surface area (Å²) in [6, 6.07) is 7.72. The van der Waals surface area contributed by atoms with Crippen LogP contribution in [-0.2, 0) is 11.2 Å². The summed E-state index contributed by atoms with van der Waals surface area (Å²) in [7, 11) is 0. The third kappa shape index (κ3) is 4.17. The zero-order valence-corrected chi connectivity index (χ0v) is 14.9. The lowest BCUT2D eigenvalue weighted by Gasteiger charge is -2.26. The van der Waals surface area contributed by atoms with E-state index in [0.717, 1.165) is 0 Å². The molecule has 1 aromatic carbocycles. The minimum atomic E-state index is -1.14. The predicted octanol–water partition coefficient (Wildman–Crippen LogP) is 2.26. The number of ether oxygens (including phenoxy) is 1. The molecular weight excluding hydrogens is 352 g/mol. The van der Waals surface area contributed by atoms with E-state index < -0.39 is 11.9 Å². The molecule has 27 heavy (non-hydrogen) atoms. The number of rotatable bonds is 5. The maximum absolute atomic E-state index is 12.4. The molecule has 8 nitrogen and oxygen atoms in total. The zero-order valence-electron chi connectivity index (χ0n) is 14.9. The van der Waals surface area contributed by atoms with E-state index >= 15 is 0 Å². The number of amides is 2. The highest BCUT2D eigenvalue weighted by molar-refractivity contribution is 6.04. The molecule has 0 atom stereocenters. The Morgan fingerprint density at radius 1 is 1.15 bits per heavy atom. The molecule has 0 bridgehead atoms. The highest BCUT2D eigenvalue weighted by atomic mass is 16.5. The van der Waals surface area contributed by atoms with Gasteiger partial charge in [-0.3, -0.25) is 9.59 Å². The summed E-state index contributed by atoms with van der Waals surface area (Å²) in [5.41, 5.74) is 0.980. The van der Waals surface area contributed by atoms with Gasteiger partial charge in [0.2, 0.25) is 0 Å². The number of furan rings is 1. The molecule has 0 aliphatic carbocycles. The van der Waals surface area contributed by atoms with Crippen LogP contribution in [0, 0.1) is 0 Å². The Kier molecular flexibility index (Phi) is 5.56. The van der Waals surface area contributed by atoms with Crippen LogP contribution < -0.4 is 5.32 Å². The number of carboxylic acids is 1. The lowest BCUT2D eigenvalue weighted by Crippen LogP contribution is -2.40. The monoisotopic (exact) mass is 372 g/mol. The van der Waals surface area contributed by atoms with Crippen molar-refractivity contribution in [1.29, 1.82) is 0 Å². The van der Waals surface area contributed by atoms with Crippen molar-refractivity contribution in [2.24, 2.45) is 0 Å². The van der Waals surface area contributed by atoms with Crippen LogP contribution in [0.15, 0.2) is 34.7 Å². The summed E-state index contributed by atoms with van der Waals surface area (Å²) in [6.45, 7) is 3.92. The molecule has 0 radical (unpaired) electrons. The Bertz CT molecular complexity index is 850. The summed E-state index contributed by atoms with van der Waals surface area (Å²) in [4.78, 5) is 37.6. The average Bonchev–Trinajstić information content (AvgIpc) is 3.14. The van der Waals surface area contributed by atoms with Gasteiger partial charge in [0.25, 0.3) is 11.8 Å². The summed E-state index contributed by atoms with van der Waals surface area (Å²) >= 11 is 0. The topological polar surface area (TPSA) is 109 Å². The molecule has 0 unspecified atom stereocenters. The van der Waals surface area contributed by atoms with E-state index in [9.17, 15) is 14.4 Å². The molecule has 1 aromatic heterocycles. The van der Waals surface area contributed by atoms with Crippen molar-refractivity contribution in [2.45, 2.75) is 13.3 Å². The van der Waals surface area contributed by atoms with Gasteiger partial charge in [-0.05, 0) is 24.3 Å². The standard InChI is InChI=1S/C19H20N2O6/c1-2-15-14(19(24)25)11-16(27-15)17(22)20-13-5-3-12(4-6-13)18(23)21-7-9-26-10-8-21/h3-6,11H,2,7-10H2,1H3,(H,20,22)(H,24,25). The normalized spacial score (nSPS) is 14.0. The number of benzene rings is 1. The van der Waals surface area contributed by atoms with Gasteiger partial charge in [-0.1, -0.05) is 6.92 Å². The highest BCUT2D eigenvalue weighted by Gasteiger charge is 2.21. The van der Waals surface area contributed by atoms with Gasteiger partial charge in [-0.25, -0.2) is 4.79 Å². The Hall–Kier alpha value is -3.13. The van der Waals surface area contributed by atoms with Crippen molar-refractivity contribution in [3.63, 3.8) is 0 Å². The molecule has 2 amide bonds. The van der Waals surface area contributed by atoms with Crippen molar-refractivity contribution in [2.75, 3.05) is 31.6 Å². The van der Waals surface area contributed by atoms with E-state index in [4.69, 9.17) is 14.3 Å². The van der Waals surface area contributed by atoms with Crippen molar-refractivity contribution >= 4 is 23.5 Å². The van der Waals surface area contributed by atoms with Crippen molar-refractivity contribution in [3.8, 4) is 0 Å². The average molecular weight is 372 g/mol. The molecule has 0 saturated carbocycles. The molecule has 2 heterocycles. The minimum Gasteiger partial charge on any atom is -0.478 e. The lowest BCUT2D eigenvalue weighted by atomic mass is 10.1. The van der Waals surface area contributed by atoms with E-state index in [0.29, 0.717) is 44.0 Å². The Labute approximate surface area is 155 Å². The number of hydrogen-bond acceptors (Lipinski definition) is 5. The molecule has 1 fully saturated rings. The van der Waals surface area contributed by atoms with E-state index in [-0.39, 0.29) is 23.0 Å². The second-order valence-electron chi connectivity index (χ2n) is 6.04. The maximum Gasteiger partial charge on any atom is 0.339 e. The number of anilines is 1. The van der Waals surface area contributed by atoms with Gasteiger partial charge in [0, 0.05) is 36.8 Å². The van der Waals surface area contributed by atoms with E-state index in [1.165, 1.54) is 6.07 Å². The van der Waals surface area contributed by atoms with Crippen LogP contribution in [-0.4, -0.2) is 54.1 Å². The van der Waals surface area contributed by atoms with Crippen LogP contribution >= 0.6 is 0 Å². The fraction of sp³-hybridized carbons (Fsp3) is 0.316. The van der Waals surface area contributed by atoms with Crippen LogP contribution in [0.5, 0.6) is 0 Å². The Balaban J connectivity index is 1.68. The van der Waals surface area contributed by atoms with Crippen molar-refractivity contribution < 1.29 is 28.6 Å². The molecule has 142 valence electrons. The maximum atomic E-state index is 12.4. The third-order valence-corrected chi connectivity index (χ3v) is 4.27. The van der Waals surface area contributed by atoms with Gasteiger partial charge >= 0.3 is 5.97 Å². The molecule has 1 aliphatic heterocycles. The first-order valence-electron chi connectivity index (χ1n) is 8.64. The number of carbonyl (C=O) groups is 3. The Morgan fingerprint density at radius 3 is 2.37 bits per heavy atom. The van der Waals surface area contributed by atoms with Crippen LogP contribution in [0.2, 0.25) is 0 Å². The van der Waals surface area contributed by atoms with Crippen LogP contribution in [0.1, 0.15) is 44.0 Å². The van der Waals surface area contributed by atoms with E-state index in [1.807, 2.05) is 0 Å². The summed E-state index contributed by atoms with van der Waals surface area (Å²) in [5, 5.41) is 11.8. The fourth-order valence-electron chi connectivity index (χ4n) is 2.82. The summed E-state index contributed by atoms with van der Waals surface area (Å²) in [5.74, 6) is -1.59. The number of carboxylic acid groups (broad SMARTS) is 1. The number of carbonyl (C=O) groups excluding carboxylic acids is 2. The molecule has 1 aliphatic rings. The number of morpholine rings is 1. The van der Waals surface area contributed by atoms with Gasteiger partial charge in [-0.15, -0.1) is 0 Å². The molecular formula is C19H20N2O6. The second kappa shape index (κ2) is 8.05. The summed E-state index contributed by atoms with van der Waals surface area (Å²) < 4.78 is 10.6. The summed E-state index contributed by atoms with van der Waals surface area (Å²) in [6.07, 6.45) is 0.368. The van der Waals surface area contributed by atoms with Gasteiger partial charge in [0.1, 0.15) is 11.3 Å². The largest absolute Gasteiger partial charge is 0.478 e. The van der Waals surface area contributed by atoms with Crippen LogP contribution in [0.4, 0.5) is 5.69 Å². The van der Waals surface area contributed by atoms with Gasteiger partial charge in [-0.2, -0.15) is 0 Å². The van der Waals surface area contributed by atoms with Gasteiger partial charge in [0.05, 0.1) is 13.2 Å². The SMILES string of the molecule is CCc1oc(C(=O)Nc2ccc(C(=O)N3CCOCC3)cc2)cc1C(=O)O. The van der Waals surface area contributed by atoms with E-state index in [2.05, 4.69) is 5.32 Å². The third-order valence-electron chi connectivity index (χ3n) is 4.27. The number of hydrogen-bond donors (Lipinski definition) is 2. The first-order valence-corrected chi connectivity index (χ1v) is 8.64. The zero-order chi connectivity index (χ0) is 19.4. The predicted molar refractivity (Wildman–Crippen MR) is 96.2 cm³/mol. The molecule has 2 N–H and O–H groups in total. The van der Waals surface area contributed by atoms with Gasteiger partial charge < -0.3 is 24.5 Å². The number of nitrogens with zero attached hydrogens (tertiary/aromatic N) is 1. The minimum absolute atomic E-state index is 0.0193. The van der Waals surface area contributed by atoms with Gasteiger partial charge in [0.15, 0.2) is 5.76 Å². The van der Waals surface area contributed by atoms with Crippen LogP contribution in [0.3, 0.4) is 0 Å². The quantitative estimate of drug-likeness (QED) is 0.833. The number of aromatic carboxylic acids is 1. The highest BCUT2D eigenvalue weighted by Crippen LogP contribution is 2.19.